The molecule has 13 heavy (non-hydrogen) atoms. The van der Waals surface area contributed by atoms with E-state index in [1.165, 1.54) is 0 Å². The number of aromatic nitrogens is 2. The molecule has 0 aliphatic rings. The van der Waals surface area contributed by atoms with Crippen molar-refractivity contribution in [2.24, 2.45) is 5.73 Å². The molecule has 0 aliphatic heterocycles. The molecule has 0 atom stereocenters. The Hall–Kier alpha value is -0.870. The van der Waals surface area contributed by atoms with Crippen LogP contribution in [0.1, 0.15) is 5.69 Å². The summed E-state index contributed by atoms with van der Waals surface area (Å²) in [6.45, 7) is 0.638. The van der Waals surface area contributed by atoms with Crippen molar-refractivity contribution in [1.29, 1.82) is 0 Å². The van der Waals surface area contributed by atoms with Gasteiger partial charge < -0.3 is 5.73 Å². The van der Waals surface area contributed by atoms with Crippen LogP contribution >= 0.6 is 15.9 Å². The number of hydrogen-bond donors (Lipinski definition) is 1. The monoisotopic (exact) mass is 239 g/mol. The van der Waals surface area contributed by atoms with Crippen LogP contribution in [0.25, 0.3) is 5.52 Å². The van der Waals surface area contributed by atoms with E-state index in [-0.39, 0.29) is 0 Å². The highest BCUT2D eigenvalue weighted by Crippen LogP contribution is 2.16. The lowest BCUT2D eigenvalue weighted by molar-refractivity contribution is 0.943. The van der Waals surface area contributed by atoms with Crippen molar-refractivity contribution in [3.8, 4) is 0 Å². The molecule has 4 heteroatoms. The van der Waals surface area contributed by atoms with E-state index < -0.39 is 0 Å². The molecule has 0 unspecified atom stereocenters. The zero-order valence-corrected chi connectivity index (χ0v) is 8.66. The maximum Gasteiger partial charge on any atom is 0.100 e. The highest BCUT2D eigenvalue weighted by atomic mass is 79.9. The van der Waals surface area contributed by atoms with E-state index >= 15 is 0 Å². The first-order valence-corrected chi connectivity index (χ1v) is 4.93. The maximum atomic E-state index is 5.49. The second-order valence-electron chi connectivity index (χ2n) is 2.83. The molecule has 0 aliphatic carbocycles. The summed E-state index contributed by atoms with van der Waals surface area (Å²) in [7, 11) is 0. The first-order chi connectivity index (χ1) is 6.33. The predicted octanol–water partition coefficient (Wildman–Crippen LogP) is 1.60. The predicted molar refractivity (Wildman–Crippen MR) is 55.7 cm³/mol. The molecule has 68 valence electrons. The van der Waals surface area contributed by atoms with Gasteiger partial charge in [-0.1, -0.05) is 6.07 Å². The minimum atomic E-state index is 0.638. The summed E-state index contributed by atoms with van der Waals surface area (Å²) >= 11 is 3.45. The van der Waals surface area contributed by atoms with Gasteiger partial charge in [-0.15, -0.1) is 0 Å². The van der Waals surface area contributed by atoms with Crippen LogP contribution in [0.4, 0.5) is 0 Å². The first-order valence-electron chi connectivity index (χ1n) is 4.13. The number of imidazole rings is 1. The number of hydrogen-bond acceptors (Lipinski definition) is 2. The number of rotatable bonds is 2. The summed E-state index contributed by atoms with van der Waals surface area (Å²) in [5, 5.41) is 0. The Bertz CT molecular complexity index is 422. The second kappa shape index (κ2) is 3.47. The zero-order chi connectivity index (χ0) is 9.26. The van der Waals surface area contributed by atoms with Gasteiger partial charge in [0, 0.05) is 6.42 Å². The third-order valence-electron chi connectivity index (χ3n) is 1.98. The van der Waals surface area contributed by atoms with Gasteiger partial charge in [0.1, 0.15) is 6.33 Å². The Morgan fingerprint density at radius 3 is 3.08 bits per heavy atom. The SMILES string of the molecule is NCCc1ncn2c(Br)cccc12. The number of nitrogens with zero attached hydrogens (tertiary/aromatic N) is 2. The van der Waals surface area contributed by atoms with E-state index in [0.717, 1.165) is 22.2 Å². The Morgan fingerprint density at radius 2 is 2.31 bits per heavy atom. The Labute approximate surface area is 84.7 Å². The van der Waals surface area contributed by atoms with E-state index in [4.69, 9.17) is 5.73 Å². The van der Waals surface area contributed by atoms with Crippen LogP contribution in [0.5, 0.6) is 0 Å². The Morgan fingerprint density at radius 1 is 1.46 bits per heavy atom. The molecule has 2 rings (SSSR count). The molecule has 2 N–H and O–H groups in total. The van der Waals surface area contributed by atoms with Crippen LogP contribution in [-0.2, 0) is 6.42 Å². The van der Waals surface area contributed by atoms with Crippen molar-refractivity contribution in [2.45, 2.75) is 6.42 Å². The molecule has 0 radical (unpaired) electrons. The number of nitrogens with two attached hydrogens (primary N) is 1. The van der Waals surface area contributed by atoms with Gasteiger partial charge in [-0.3, -0.25) is 4.40 Å². The van der Waals surface area contributed by atoms with Crippen molar-refractivity contribution in [1.82, 2.24) is 9.38 Å². The third kappa shape index (κ3) is 1.47. The van der Waals surface area contributed by atoms with Crippen LogP contribution in [0.15, 0.2) is 29.1 Å². The lowest BCUT2D eigenvalue weighted by atomic mass is 10.2. The van der Waals surface area contributed by atoms with Crippen LogP contribution in [-0.4, -0.2) is 15.9 Å². The number of halogens is 1. The molecule has 2 aromatic heterocycles. The zero-order valence-electron chi connectivity index (χ0n) is 7.07. The van der Waals surface area contributed by atoms with E-state index in [2.05, 4.69) is 20.9 Å². The third-order valence-corrected chi connectivity index (χ3v) is 2.63. The van der Waals surface area contributed by atoms with Crippen LogP contribution < -0.4 is 5.73 Å². The van der Waals surface area contributed by atoms with Gasteiger partial charge >= 0.3 is 0 Å². The van der Waals surface area contributed by atoms with Gasteiger partial charge in [-0.25, -0.2) is 4.98 Å². The van der Waals surface area contributed by atoms with Crippen LogP contribution in [0.3, 0.4) is 0 Å². The molecule has 0 fully saturated rings. The lowest BCUT2D eigenvalue weighted by Crippen LogP contribution is -2.03. The molecule has 3 nitrogen and oxygen atoms in total. The highest BCUT2D eigenvalue weighted by Gasteiger charge is 2.03. The molecule has 2 heterocycles. The molecule has 0 bridgehead atoms. The Balaban J connectivity index is 2.61. The molecule has 0 amide bonds. The first kappa shape index (κ1) is 8.72. The van der Waals surface area contributed by atoms with Crippen molar-refractivity contribution in [2.75, 3.05) is 6.54 Å². The summed E-state index contributed by atoms with van der Waals surface area (Å²) < 4.78 is 3.02. The molecular formula is C9H10BrN3. The molecule has 0 saturated carbocycles. The quantitative estimate of drug-likeness (QED) is 0.810. The second-order valence-corrected chi connectivity index (χ2v) is 3.65. The summed E-state index contributed by atoms with van der Waals surface area (Å²) in [5.41, 5.74) is 7.67. The van der Waals surface area contributed by atoms with Crippen LogP contribution in [0, 0.1) is 0 Å². The molecule has 0 spiro atoms. The maximum absolute atomic E-state index is 5.49. The van der Waals surface area contributed by atoms with Gasteiger partial charge in [0.15, 0.2) is 0 Å². The smallest absolute Gasteiger partial charge is 0.100 e. The normalized spacial score (nSPS) is 10.9. The Kier molecular flexibility index (Phi) is 2.33. The molecule has 0 saturated heterocycles. The van der Waals surface area contributed by atoms with E-state index in [1.54, 1.807) is 0 Å². The standard InChI is InChI=1S/C9H10BrN3/c10-9-3-1-2-8-7(4-5-11)12-6-13(8)9/h1-3,6H,4-5,11H2. The summed E-state index contributed by atoms with van der Waals surface area (Å²) in [6, 6.07) is 6.03. The van der Waals surface area contributed by atoms with Crippen molar-refractivity contribution in [3.05, 3.63) is 34.8 Å². The topological polar surface area (TPSA) is 43.3 Å². The summed E-state index contributed by atoms with van der Waals surface area (Å²) in [5.74, 6) is 0. The average molecular weight is 240 g/mol. The summed E-state index contributed by atoms with van der Waals surface area (Å²) in [6.07, 6.45) is 2.64. The van der Waals surface area contributed by atoms with Gasteiger partial charge in [-0.05, 0) is 34.6 Å². The summed E-state index contributed by atoms with van der Waals surface area (Å²) in [4.78, 5) is 4.30. The van der Waals surface area contributed by atoms with Crippen molar-refractivity contribution in [3.63, 3.8) is 0 Å². The fourth-order valence-corrected chi connectivity index (χ4v) is 1.81. The number of pyridine rings is 1. The lowest BCUT2D eigenvalue weighted by Gasteiger charge is -1.98. The molecule has 0 aromatic carbocycles. The largest absolute Gasteiger partial charge is 0.330 e. The average Bonchev–Trinajstić information content (AvgIpc) is 2.51. The van der Waals surface area contributed by atoms with Gasteiger partial charge in [-0.2, -0.15) is 0 Å². The van der Waals surface area contributed by atoms with Crippen LogP contribution in [0.2, 0.25) is 0 Å². The number of fused-ring (bicyclic) bond motifs is 1. The van der Waals surface area contributed by atoms with Crippen molar-refractivity contribution >= 4 is 21.4 Å². The van der Waals surface area contributed by atoms with E-state index in [9.17, 15) is 0 Å². The minimum Gasteiger partial charge on any atom is -0.330 e. The van der Waals surface area contributed by atoms with Crippen molar-refractivity contribution < 1.29 is 0 Å². The minimum absolute atomic E-state index is 0.638. The highest BCUT2D eigenvalue weighted by molar-refractivity contribution is 9.10. The fourth-order valence-electron chi connectivity index (χ4n) is 1.37. The van der Waals surface area contributed by atoms with Gasteiger partial charge in [0.2, 0.25) is 0 Å². The van der Waals surface area contributed by atoms with E-state index in [1.807, 2.05) is 28.9 Å². The van der Waals surface area contributed by atoms with Gasteiger partial charge in [0.25, 0.3) is 0 Å². The van der Waals surface area contributed by atoms with E-state index in [0.29, 0.717) is 6.54 Å². The van der Waals surface area contributed by atoms with Gasteiger partial charge in [0.05, 0.1) is 15.8 Å². The molecule has 2 aromatic rings. The fraction of sp³-hybridized carbons (Fsp3) is 0.222. The molecular weight excluding hydrogens is 230 g/mol.